The summed E-state index contributed by atoms with van der Waals surface area (Å²) in [6.45, 7) is 12.6. The zero-order chi connectivity index (χ0) is 12.8. The fraction of sp³-hybridized carbons (Fsp3) is 0.286. The lowest BCUT2D eigenvalue weighted by Crippen LogP contribution is -2.25. The lowest BCUT2D eigenvalue weighted by molar-refractivity contribution is 0.912. The van der Waals surface area contributed by atoms with Crippen molar-refractivity contribution in [3.8, 4) is 6.07 Å². The molecule has 3 nitrogen and oxygen atoms in total. The lowest BCUT2D eigenvalue weighted by atomic mass is 10.1. The number of anilines is 1. The molecule has 0 saturated carbocycles. The van der Waals surface area contributed by atoms with Crippen molar-refractivity contribution in [1.82, 2.24) is 4.98 Å². The first kappa shape index (κ1) is 13.0. The summed E-state index contributed by atoms with van der Waals surface area (Å²) in [6, 6.07) is 4.13. The zero-order valence-corrected chi connectivity index (χ0v) is 10.4. The predicted octanol–water partition coefficient (Wildman–Crippen LogP) is 2.75. The molecule has 0 amide bonds. The third kappa shape index (κ3) is 2.94. The Balaban J connectivity index is 3.30. The van der Waals surface area contributed by atoms with Crippen molar-refractivity contribution < 1.29 is 0 Å². The van der Waals surface area contributed by atoms with E-state index in [1.165, 1.54) is 0 Å². The van der Waals surface area contributed by atoms with Crippen molar-refractivity contribution in [1.29, 1.82) is 5.26 Å². The van der Waals surface area contributed by atoms with E-state index in [4.69, 9.17) is 0 Å². The van der Waals surface area contributed by atoms with Crippen LogP contribution < -0.4 is 4.90 Å². The fourth-order valence-electron chi connectivity index (χ4n) is 1.74. The number of aromatic nitrogens is 1. The predicted molar refractivity (Wildman–Crippen MR) is 71.0 cm³/mol. The number of rotatable bonds is 5. The average molecular weight is 227 g/mol. The highest BCUT2D eigenvalue weighted by Gasteiger charge is 2.13. The second kappa shape index (κ2) is 5.86. The Morgan fingerprint density at radius 3 is 2.41 bits per heavy atom. The Kier molecular flexibility index (Phi) is 4.47. The molecule has 1 aromatic heterocycles. The van der Waals surface area contributed by atoms with Gasteiger partial charge in [0.25, 0.3) is 0 Å². The van der Waals surface area contributed by atoms with Gasteiger partial charge in [0.1, 0.15) is 11.9 Å². The highest BCUT2D eigenvalue weighted by atomic mass is 15.2. The molecule has 1 rings (SSSR count). The summed E-state index contributed by atoms with van der Waals surface area (Å²) in [7, 11) is 0. The molecule has 3 heteroatoms. The Hall–Kier alpha value is -2.08. The first-order valence-corrected chi connectivity index (χ1v) is 5.49. The summed E-state index contributed by atoms with van der Waals surface area (Å²) < 4.78 is 0. The maximum absolute atomic E-state index is 9.21. The molecule has 0 atom stereocenters. The van der Waals surface area contributed by atoms with E-state index < -0.39 is 0 Å². The largest absolute Gasteiger partial charge is 0.348 e. The van der Waals surface area contributed by atoms with E-state index in [1.54, 1.807) is 12.2 Å². The third-order valence-corrected chi connectivity index (χ3v) is 2.44. The van der Waals surface area contributed by atoms with Crippen LogP contribution in [-0.4, -0.2) is 18.1 Å². The van der Waals surface area contributed by atoms with Crippen molar-refractivity contribution in [2.75, 3.05) is 18.0 Å². The second-order valence-corrected chi connectivity index (χ2v) is 3.87. The molecule has 0 N–H and O–H groups in total. The Labute approximate surface area is 103 Å². The fourth-order valence-corrected chi connectivity index (χ4v) is 1.74. The Morgan fingerprint density at radius 1 is 1.35 bits per heavy atom. The SMILES string of the molecule is C=CCN(CC=C)c1nc(C)cc(C)c1C#N. The Morgan fingerprint density at radius 2 is 1.94 bits per heavy atom. The molecule has 0 radical (unpaired) electrons. The summed E-state index contributed by atoms with van der Waals surface area (Å²) in [5, 5.41) is 9.21. The molecule has 0 unspecified atom stereocenters. The van der Waals surface area contributed by atoms with Gasteiger partial charge in [0.2, 0.25) is 0 Å². The molecule has 0 spiro atoms. The van der Waals surface area contributed by atoms with Gasteiger partial charge in [0.05, 0.1) is 5.56 Å². The van der Waals surface area contributed by atoms with Crippen molar-refractivity contribution in [3.05, 3.63) is 48.2 Å². The highest BCUT2D eigenvalue weighted by Crippen LogP contribution is 2.21. The van der Waals surface area contributed by atoms with E-state index in [2.05, 4.69) is 24.2 Å². The van der Waals surface area contributed by atoms with E-state index in [1.807, 2.05) is 24.8 Å². The molecule has 17 heavy (non-hydrogen) atoms. The van der Waals surface area contributed by atoms with Crippen molar-refractivity contribution in [3.63, 3.8) is 0 Å². The molecule has 0 bridgehead atoms. The zero-order valence-electron chi connectivity index (χ0n) is 10.4. The van der Waals surface area contributed by atoms with Gasteiger partial charge in [0, 0.05) is 18.8 Å². The van der Waals surface area contributed by atoms with E-state index in [9.17, 15) is 5.26 Å². The lowest BCUT2D eigenvalue weighted by Gasteiger charge is -2.22. The molecule has 0 aliphatic carbocycles. The Bertz CT molecular complexity index is 459. The monoisotopic (exact) mass is 227 g/mol. The minimum Gasteiger partial charge on any atom is -0.348 e. The van der Waals surface area contributed by atoms with Crippen LogP contribution in [0, 0.1) is 25.2 Å². The summed E-state index contributed by atoms with van der Waals surface area (Å²) in [5.74, 6) is 0.713. The number of nitriles is 1. The summed E-state index contributed by atoms with van der Waals surface area (Å²) in [4.78, 5) is 6.43. The molecule has 0 aromatic carbocycles. The average Bonchev–Trinajstić information content (AvgIpc) is 2.28. The maximum Gasteiger partial charge on any atom is 0.147 e. The van der Waals surface area contributed by atoms with Crippen LogP contribution in [0.4, 0.5) is 5.82 Å². The molecule has 1 aromatic rings. The van der Waals surface area contributed by atoms with Gasteiger partial charge in [-0.25, -0.2) is 4.98 Å². The standard InChI is InChI=1S/C14H17N3/c1-5-7-17(8-6-2)14-13(10-15)11(3)9-12(4)16-14/h5-6,9H,1-2,7-8H2,3-4H3. The first-order valence-electron chi connectivity index (χ1n) is 5.49. The topological polar surface area (TPSA) is 39.9 Å². The van der Waals surface area contributed by atoms with E-state index in [0.717, 1.165) is 11.3 Å². The minimum atomic E-state index is 0.624. The van der Waals surface area contributed by atoms with Crippen LogP contribution in [0.3, 0.4) is 0 Å². The van der Waals surface area contributed by atoms with E-state index in [-0.39, 0.29) is 0 Å². The number of pyridine rings is 1. The van der Waals surface area contributed by atoms with Crippen LogP contribution in [0.25, 0.3) is 0 Å². The highest BCUT2D eigenvalue weighted by molar-refractivity contribution is 5.58. The summed E-state index contributed by atoms with van der Waals surface area (Å²) in [6.07, 6.45) is 3.59. The normalized spacial score (nSPS) is 9.47. The van der Waals surface area contributed by atoms with Crippen LogP contribution in [0.15, 0.2) is 31.4 Å². The summed E-state index contributed by atoms with van der Waals surface area (Å²) >= 11 is 0. The van der Waals surface area contributed by atoms with Crippen LogP contribution in [0.2, 0.25) is 0 Å². The van der Waals surface area contributed by atoms with Crippen molar-refractivity contribution in [2.45, 2.75) is 13.8 Å². The smallest absolute Gasteiger partial charge is 0.147 e. The van der Waals surface area contributed by atoms with Gasteiger partial charge in [-0.2, -0.15) is 5.26 Å². The number of nitrogens with zero attached hydrogens (tertiary/aromatic N) is 3. The summed E-state index contributed by atoms with van der Waals surface area (Å²) in [5.41, 5.74) is 2.49. The molecular weight excluding hydrogens is 210 g/mol. The molecule has 0 aliphatic heterocycles. The maximum atomic E-state index is 9.21. The van der Waals surface area contributed by atoms with Crippen LogP contribution in [0.5, 0.6) is 0 Å². The number of hydrogen-bond donors (Lipinski definition) is 0. The van der Waals surface area contributed by atoms with Crippen molar-refractivity contribution >= 4 is 5.82 Å². The van der Waals surface area contributed by atoms with Gasteiger partial charge < -0.3 is 4.90 Å². The van der Waals surface area contributed by atoms with E-state index in [0.29, 0.717) is 24.5 Å². The van der Waals surface area contributed by atoms with Crippen LogP contribution in [0.1, 0.15) is 16.8 Å². The van der Waals surface area contributed by atoms with Crippen molar-refractivity contribution in [2.24, 2.45) is 0 Å². The van der Waals surface area contributed by atoms with Crippen LogP contribution in [-0.2, 0) is 0 Å². The van der Waals surface area contributed by atoms with Gasteiger partial charge in [-0.3, -0.25) is 0 Å². The molecule has 0 saturated heterocycles. The van der Waals surface area contributed by atoms with Gasteiger partial charge >= 0.3 is 0 Å². The third-order valence-electron chi connectivity index (χ3n) is 2.44. The van der Waals surface area contributed by atoms with Gasteiger partial charge in [-0.05, 0) is 25.5 Å². The second-order valence-electron chi connectivity index (χ2n) is 3.87. The molecule has 0 fully saturated rings. The minimum absolute atomic E-state index is 0.624. The van der Waals surface area contributed by atoms with Crippen LogP contribution >= 0.6 is 0 Å². The van der Waals surface area contributed by atoms with Gasteiger partial charge in [0.15, 0.2) is 0 Å². The molecule has 1 heterocycles. The molecular formula is C14H17N3. The number of aryl methyl sites for hydroxylation is 2. The number of hydrogen-bond acceptors (Lipinski definition) is 3. The first-order chi connectivity index (χ1) is 8.13. The quantitative estimate of drug-likeness (QED) is 0.726. The van der Waals surface area contributed by atoms with Gasteiger partial charge in [-0.1, -0.05) is 12.2 Å². The molecule has 0 aliphatic rings. The molecule has 88 valence electrons. The van der Waals surface area contributed by atoms with E-state index >= 15 is 0 Å². The van der Waals surface area contributed by atoms with Gasteiger partial charge in [-0.15, -0.1) is 13.2 Å².